The van der Waals surface area contributed by atoms with Crippen LogP contribution in [0.1, 0.15) is 24.5 Å². The second kappa shape index (κ2) is 5.53. The second-order valence-electron chi connectivity index (χ2n) is 5.17. The van der Waals surface area contributed by atoms with Gasteiger partial charge in [0, 0.05) is 6.42 Å². The number of fused-ring (bicyclic) bond motifs is 1. The van der Waals surface area contributed by atoms with E-state index >= 15 is 0 Å². The Bertz CT molecular complexity index is 537. The van der Waals surface area contributed by atoms with Gasteiger partial charge in [-0.2, -0.15) is 0 Å². The molecule has 1 aromatic carbocycles. The van der Waals surface area contributed by atoms with E-state index in [-0.39, 0.29) is 6.42 Å². The van der Waals surface area contributed by atoms with E-state index in [2.05, 4.69) is 4.74 Å². The molecule has 1 aliphatic heterocycles. The normalized spacial score (nSPS) is 15.9. The Morgan fingerprint density at radius 3 is 2.85 bits per heavy atom. The van der Waals surface area contributed by atoms with E-state index in [9.17, 15) is 14.7 Å². The maximum atomic E-state index is 11.7. The van der Waals surface area contributed by atoms with Crippen molar-refractivity contribution in [3.8, 4) is 5.75 Å². The lowest BCUT2D eigenvalue weighted by atomic mass is 9.84. The second-order valence-corrected chi connectivity index (χ2v) is 5.17. The maximum absolute atomic E-state index is 11.7. The van der Waals surface area contributed by atoms with Crippen molar-refractivity contribution in [1.82, 2.24) is 0 Å². The van der Waals surface area contributed by atoms with Crippen LogP contribution in [0.5, 0.6) is 5.75 Å². The first-order valence-electron chi connectivity index (χ1n) is 6.54. The minimum Gasteiger partial charge on any atom is -0.493 e. The van der Waals surface area contributed by atoms with Crippen molar-refractivity contribution in [3.05, 3.63) is 29.3 Å². The number of methoxy groups -OCH3 is 1. The molecule has 1 aliphatic rings. The molecule has 1 aromatic rings. The van der Waals surface area contributed by atoms with Gasteiger partial charge < -0.3 is 14.6 Å². The van der Waals surface area contributed by atoms with Crippen LogP contribution in [-0.4, -0.2) is 30.8 Å². The highest BCUT2D eigenvalue weighted by Crippen LogP contribution is 2.29. The number of aliphatic carboxylic acids is 1. The van der Waals surface area contributed by atoms with Crippen molar-refractivity contribution in [1.29, 1.82) is 0 Å². The van der Waals surface area contributed by atoms with Crippen LogP contribution in [0.25, 0.3) is 0 Å². The molecular weight excluding hydrogens is 260 g/mol. The lowest BCUT2D eigenvalue weighted by Gasteiger charge is -2.21. The zero-order valence-corrected chi connectivity index (χ0v) is 11.6. The summed E-state index contributed by atoms with van der Waals surface area (Å²) >= 11 is 0. The number of hydrogen-bond acceptors (Lipinski definition) is 4. The summed E-state index contributed by atoms with van der Waals surface area (Å²) in [7, 11) is 1.20. The Morgan fingerprint density at radius 1 is 1.45 bits per heavy atom. The molecule has 0 amide bonds. The van der Waals surface area contributed by atoms with Crippen molar-refractivity contribution < 1.29 is 24.2 Å². The average Bonchev–Trinajstić information content (AvgIpc) is 2.90. The fourth-order valence-corrected chi connectivity index (χ4v) is 2.31. The summed E-state index contributed by atoms with van der Waals surface area (Å²) in [6.07, 6.45) is 1.58. The van der Waals surface area contributed by atoms with Gasteiger partial charge >= 0.3 is 11.9 Å². The van der Waals surface area contributed by atoms with Crippen LogP contribution in [-0.2, 0) is 27.2 Å². The standard InChI is InChI=1S/C15H18O5/c1-15(13(16)17,14(18)19-2)7-5-10-3-4-12-11(9-10)6-8-20-12/h3-4,9H,5-8H2,1-2H3,(H,16,17). The highest BCUT2D eigenvalue weighted by molar-refractivity contribution is 5.98. The first-order valence-corrected chi connectivity index (χ1v) is 6.54. The molecule has 1 unspecified atom stereocenters. The van der Waals surface area contributed by atoms with Gasteiger partial charge in [0.2, 0.25) is 0 Å². The van der Waals surface area contributed by atoms with Crippen LogP contribution >= 0.6 is 0 Å². The third kappa shape index (κ3) is 2.61. The Morgan fingerprint density at radius 2 is 2.20 bits per heavy atom. The van der Waals surface area contributed by atoms with Gasteiger partial charge in [-0.05, 0) is 37.0 Å². The van der Waals surface area contributed by atoms with E-state index in [0.29, 0.717) is 13.0 Å². The van der Waals surface area contributed by atoms with Gasteiger partial charge in [-0.25, -0.2) is 0 Å². The van der Waals surface area contributed by atoms with Gasteiger partial charge in [0.25, 0.3) is 0 Å². The number of carboxylic acid groups (broad SMARTS) is 1. The maximum Gasteiger partial charge on any atom is 0.322 e. The van der Waals surface area contributed by atoms with Crippen LogP contribution in [0.2, 0.25) is 0 Å². The molecule has 0 spiro atoms. The molecule has 1 N–H and O–H groups in total. The molecule has 5 heteroatoms. The molecule has 108 valence electrons. The lowest BCUT2D eigenvalue weighted by molar-refractivity contribution is -0.166. The van der Waals surface area contributed by atoms with Crippen LogP contribution in [0.4, 0.5) is 0 Å². The summed E-state index contributed by atoms with van der Waals surface area (Å²) in [6.45, 7) is 2.09. The van der Waals surface area contributed by atoms with Crippen molar-refractivity contribution in [3.63, 3.8) is 0 Å². The Hall–Kier alpha value is -2.04. The number of aryl methyl sites for hydroxylation is 1. The number of carboxylic acids is 1. The molecule has 20 heavy (non-hydrogen) atoms. The average molecular weight is 278 g/mol. The molecule has 0 aliphatic carbocycles. The van der Waals surface area contributed by atoms with Gasteiger partial charge in [0.15, 0.2) is 5.41 Å². The topological polar surface area (TPSA) is 72.8 Å². The number of esters is 1. The van der Waals surface area contributed by atoms with Gasteiger partial charge in [-0.15, -0.1) is 0 Å². The number of rotatable bonds is 5. The summed E-state index contributed by atoms with van der Waals surface area (Å²) in [5, 5.41) is 9.25. The molecule has 1 atom stereocenters. The zero-order chi connectivity index (χ0) is 14.8. The summed E-state index contributed by atoms with van der Waals surface area (Å²) in [5.74, 6) is -0.981. The summed E-state index contributed by atoms with van der Waals surface area (Å²) < 4.78 is 10.0. The lowest BCUT2D eigenvalue weighted by Crippen LogP contribution is -2.37. The van der Waals surface area contributed by atoms with E-state index in [1.165, 1.54) is 14.0 Å². The van der Waals surface area contributed by atoms with Gasteiger partial charge in [-0.1, -0.05) is 12.1 Å². The molecule has 1 heterocycles. The van der Waals surface area contributed by atoms with Crippen LogP contribution in [0.3, 0.4) is 0 Å². The predicted molar refractivity (Wildman–Crippen MR) is 71.7 cm³/mol. The molecule has 0 fully saturated rings. The van der Waals surface area contributed by atoms with Crippen LogP contribution in [0, 0.1) is 5.41 Å². The summed E-state index contributed by atoms with van der Waals surface area (Å²) in [5.41, 5.74) is 0.632. The third-order valence-electron chi connectivity index (χ3n) is 3.78. The Balaban J connectivity index is 2.10. The Labute approximate surface area is 117 Å². The van der Waals surface area contributed by atoms with Crippen LogP contribution < -0.4 is 4.74 Å². The van der Waals surface area contributed by atoms with E-state index in [4.69, 9.17) is 4.74 Å². The van der Waals surface area contributed by atoms with E-state index in [1.54, 1.807) is 0 Å². The molecule has 2 rings (SSSR count). The van der Waals surface area contributed by atoms with E-state index in [0.717, 1.165) is 23.3 Å². The highest BCUT2D eigenvalue weighted by Gasteiger charge is 2.42. The fourth-order valence-electron chi connectivity index (χ4n) is 2.31. The third-order valence-corrected chi connectivity index (χ3v) is 3.78. The van der Waals surface area contributed by atoms with E-state index in [1.807, 2.05) is 18.2 Å². The van der Waals surface area contributed by atoms with Crippen molar-refractivity contribution in [2.45, 2.75) is 26.2 Å². The summed E-state index contributed by atoms with van der Waals surface area (Å²) in [6, 6.07) is 5.82. The van der Waals surface area contributed by atoms with Crippen molar-refractivity contribution >= 4 is 11.9 Å². The minimum atomic E-state index is -1.51. The number of hydrogen-bond donors (Lipinski definition) is 1. The number of carbonyl (C=O) groups is 2. The molecule has 0 radical (unpaired) electrons. The number of carbonyl (C=O) groups excluding carboxylic acids is 1. The summed E-state index contributed by atoms with van der Waals surface area (Å²) in [4.78, 5) is 23.0. The number of benzene rings is 1. The molecule has 0 saturated carbocycles. The first kappa shape index (κ1) is 14.4. The zero-order valence-electron chi connectivity index (χ0n) is 11.6. The minimum absolute atomic E-state index is 0.203. The SMILES string of the molecule is COC(=O)C(C)(CCc1ccc2c(c1)CCO2)C(=O)O. The van der Waals surface area contributed by atoms with Gasteiger partial charge in [0.1, 0.15) is 5.75 Å². The molecule has 0 bridgehead atoms. The quantitative estimate of drug-likeness (QED) is 0.657. The first-order chi connectivity index (χ1) is 9.47. The highest BCUT2D eigenvalue weighted by atomic mass is 16.5. The van der Waals surface area contributed by atoms with E-state index < -0.39 is 17.4 Å². The largest absolute Gasteiger partial charge is 0.493 e. The van der Waals surface area contributed by atoms with Crippen molar-refractivity contribution in [2.75, 3.05) is 13.7 Å². The monoisotopic (exact) mass is 278 g/mol. The van der Waals surface area contributed by atoms with Crippen molar-refractivity contribution in [2.24, 2.45) is 5.41 Å². The van der Waals surface area contributed by atoms with Gasteiger partial charge in [0.05, 0.1) is 13.7 Å². The fraction of sp³-hybridized carbons (Fsp3) is 0.467. The molecule has 5 nitrogen and oxygen atoms in total. The Kier molecular flexibility index (Phi) is 3.97. The predicted octanol–water partition coefficient (Wildman–Crippen LogP) is 1.82. The van der Waals surface area contributed by atoms with Gasteiger partial charge in [-0.3, -0.25) is 9.59 Å². The smallest absolute Gasteiger partial charge is 0.322 e. The van der Waals surface area contributed by atoms with Crippen LogP contribution in [0.15, 0.2) is 18.2 Å². The number of ether oxygens (including phenoxy) is 2. The molecule has 0 saturated heterocycles. The molecule has 0 aromatic heterocycles. The molecular formula is C15H18O5.